The Morgan fingerprint density at radius 3 is 2.59 bits per heavy atom. The molecule has 0 saturated carbocycles. The number of esters is 1. The van der Waals surface area contributed by atoms with Gasteiger partial charge in [0.1, 0.15) is 43.3 Å². The van der Waals surface area contributed by atoms with E-state index < -0.39 is 46.7 Å². The quantitative estimate of drug-likeness (QED) is 0.0687. The standard InChI is InChI=1S/C39H35F3N4O7S/c1-3-16-49-38(48)52-20-29-9-4-6-10-32(29)37(47)53-39(23-46-25-44-24-45-46,33-15-14-30(40)18-35(33)42)26(2)54-31-21-50-36(51-22-31)11-7-5-8-28-13-12-27(19-43)17-34(28)41/h3-15,17-18,24-26,31,36H,1,16,20-23H2,2H3/b8-5+,11-7+/t26-,31?,36?,39-/m1/s1. The van der Waals surface area contributed by atoms with Gasteiger partial charge in [-0.3, -0.25) is 0 Å². The zero-order valence-corrected chi connectivity index (χ0v) is 29.8. The molecule has 1 aromatic heterocycles. The predicted octanol–water partition coefficient (Wildman–Crippen LogP) is 7.29. The van der Waals surface area contributed by atoms with Gasteiger partial charge < -0.3 is 23.7 Å². The lowest BCUT2D eigenvalue weighted by molar-refractivity contribution is -0.146. The van der Waals surface area contributed by atoms with Gasteiger partial charge in [0.05, 0.1) is 42.2 Å². The van der Waals surface area contributed by atoms with E-state index in [4.69, 9.17) is 28.9 Å². The number of carbonyl (C=O) groups excluding carboxylic acids is 2. The van der Waals surface area contributed by atoms with Crippen LogP contribution in [0.5, 0.6) is 0 Å². The van der Waals surface area contributed by atoms with Gasteiger partial charge in [-0.1, -0.05) is 55.1 Å². The Morgan fingerprint density at radius 1 is 1.09 bits per heavy atom. The molecule has 1 saturated heterocycles. The average Bonchev–Trinajstić information content (AvgIpc) is 3.68. The lowest BCUT2D eigenvalue weighted by Gasteiger charge is -2.40. The molecule has 0 aliphatic carbocycles. The van der Waals surface area contributed by atoms with E-state index in [1.165, 1.54) is 59.4 Å². The molecule has 0 N–H and O–H groups in total. The normalized spacial score (nSPS) is 17.4. The maximum atomic E-state index is 15.9. The van der Waals surface area contributed by atoms with E-state index in [1.54, 1.807) is 49.4 Å². The first-order chi connectivity index (χ1) is 26.1. The van der Waals surface area contributed by atoms with Crippen molar-refractivity contribution in [3.05, 3.63) is 149 Å². The van der Waals surface area contributed by atoms with Gasteiger partial charge in [-0.05, 0) is 43.3 Å². The predicted molar refractivity (Wildman–Crippen MR) is 192 cm³/mol. The van der Waals surface area contributed by atoms with E-state index in [-0.39, 0.29) is 60.5 Å². The molecule has 2 heterocycles. The number of thioether (sulfide) groups is 1. The van der Waals surface area contributed by atoms with Crippen molar-refractivity contribution in [3.63, 3.8) is 0 Å². The molecule has 280 valence electrons. The highest BCUT2D eigenvalue weighted by Gasteiger charge is 2.47. The van der Waals surface area contributed by atoms with E-state index in [1.807, 2.05) is 6.07 Å². The zero-order valence-electron chi connectivity index (χ0n) is 29.0. The number of rotatable bonds is 15. The van der Waals surface area contributed by atoms with Gasteiger partial charge in [-0.15, -0.1) is 11.8 Å². The monoisotopic (exact) mass is 760 g/mol. The number of nitrogens with zero attached hydrogens (tertiary/aromatic N) is 4. The number of hydrogen-bond acceptors (Lipinski definition) is 11. The Kier molecular flexibility index (Phi) is 13.8. The molecule has 1 aliphatic heterocycles. The van der Waals surface area contributed by atoms with Gasteiger partial charge >= 0.3 is 12.1 Å². The zero-order chi connectivity index (χ0) is 38.5. The number of ether oxygens (including phenoxy) is 5. The molecule has 0 spiro atoms. The van der Waals surface area contributed by atoms with Gasteiger partial charge in [-0.2, -0.15) is 10.4 Å². The van der Waals surface area contributed by atoms with Crippen LogP contribution in [-0.2, 0) is 42.4 Å². The lowest BCUT2D eigenvalue weighted by atomic mass is 9.89. The molecular formula is C39H35F3N4O7S. The maximum absolute atomic E-state index is 15.9. The summed E-state index contributed by atoms with van der Waals surface area (Å²) >= 11 is 1.31. The highest BCUT2D eigenvalue weighted by Crippen LogP contribution is 2.42. The Balaban J connectivity index is 1.36. The summed E-state index contributed by atoms with van der Waals surface area (Å²) in [4.78, 5) is 30.1. The second-order valence-corrected chi connectivity index (χ2v) is 13.5. The number of aromatic nitrogens is 3. The second-order valence-electron chi connectivity index (χ2n) is 11.8. The van der Waals surface area contributed by atoms with E-state index >= 15 is 4.39 Å². The smallest absolute Gasteiger partial charge is 0.447 e. The summed E-state index contributed by atoms with van der Waals surface area (Å²) in [6, 6.07) is 15.3. The molecule has 1 fully saturated rings. The van der Waals surface area contributed by atoms with Crippen LogP contribution in [0.2, 0.25) is 0 Å². The molecule has 3 aromatic carbocycles. The van der Waals surface area contributed by atoms with E-state index in [0.717, 1.165) is 12.1 Å². The maximum Gasteiger partial charge on any atom is 0.508 e. The van der Waals surface area contributed by atoms with Gasteiger partial charge in [0.2, 0.25) is 0 Å². The van der Waals surface area contributed by atoms with Crippen LogP contribution in [0.1, 0.15) is 39.5 Å². The van der Waals surface area contributed by atoms with Crippen molar-refractivity contribution >= 4 is 30.0 Å². The Labute approximate surface area is 313 Å². The molecule has 2 atom stereocenters. The number of allylic oxidation sites excluding steroid dienone is 2. The molecule has 1 aliphatic rings. The van der Waals surface area contributed by atoms with Gasteiger partial charge in [0, 0.05) is 28.0 Å². The topological polar surface area (TPSA) is 135 Å². The van der Waals surface area contributed by atoms with Gasteiger partial charge in [0.15, 0.2) is 11.9 Å². The lowest BCUT2D eigenvalue weighted by Crippen LogP contribution is -2.47. The molecule has 15 heteroatoms. The Hall–Kier alpha value is -5.69. The van der Waals surface area contributed by atoms with E-state index in [2.05, 4.69) is 16.7 Å². The van der Waals surface area contributed by atoms with Crippen molar-refractivity contribution in [1.29, 1.82) is 5.26 Å². The minimum atomic E-state index is -1.81. The number of nitriles is 1. The Morgan fingerprint density at radius 2 is 1.89 bits per heavy atom. The summed E-state index contributed by atoms with van der Waals surface area (Å²) in [5.41, 5.74) is -1.07. The van der Waals surface area contributed by atoms with Crippen LogP contribution in [0.25, 0.3) is 6.08 Å². The second kappa shape index (κ2) is 18.9. The van der Waals surface area contributed by atoms with Crippen molar-refractivity contribution in [1.82, 2.24) is 14.8 Å². The fourth-order valence-electron chi connectivity index (χ4n) is 5.50. The molecule has 5 rings (SSSR count). The van der Waals surface area contributed by atoms with Crippen molar-refractivity contribution in [2.45, 2.75) is 42.5 Å². The average molecular weight is 761 g/mol. The first-order valence-electron chi connectivity index (χ1n) is 16.5. The Bertz CT molecular complexity index is 2030. The molecule has 54 heavy (non-hydrogen) atoms. The summed E-state index contributed by atoms with van der Waals surface area (Å²) in [7, 11) is 0. The number of carbonyl (C=O) groups is 2. The highest BCUT2D eigenvalue weighted by atomic mass is 32.2. The first-order valence-corrected chi connectivity index (χ1v) is 17.5. The van der Waals surface area contributed by atoms with Crippen LogP contribution in [-0.4, -0.2) is 63.5 Å². The third-order valence-electron chi connectivity index (χ3n) is 8.16. The third kappa shape index (κ3) is 10.2. The first kappa shape index (κ1) is 39.5. The third-order valence-corrected chi connectivity index (χ3v) is 9.60. The van der Waals surface area contributed by atoms with Gasteiger partial charge in [0.25, 0.3) is 0 Å². The van der Waals surface area contributed by atoms with Gasteiger partial charge in [-0.25, -0.2) is 32.4 Å². The van der Waals surface area contributed by atoms with Crippen molar-refractivity contribution in [2.24, 2.45) is 0 Å². The molecule has 0 radical (unpaired) electrons. The van der Waals surface area contributed by atoms with Crippen molar-refractivity contribution in [3.8, 4) is 6.07 Å². The van der Waals surface area contributed by atoms with Crippen LogP contribution in [0.3, 0.4) is 0 Å². The SMILES string of the molecule is C=CCOC(=O)OCc1ccccc1C(=O)O[C@@](Cn1cncn1)(c1ccc(F)cc1F)[C@@H](C)SC1COC(/C=C/C=C/c2ccc(C#N)cc2F)OC1. The van der Waals surface area contributed by atoms with Crippen molar-refractivity contribution in [2.75, 3.05) is 19.8 Å². The van der Waals surface area contributed by atoms with E-state index in [9.17, 15) is 18.4 Å². The summed E-state index contributed by atoms with van der Waals surface area (Å²) < 4.78 is 73.9. The fourth-order valence-corrected chi connectivity index (χ4v) is 6.86. The summed E-state index contributed by atoms with van der Waals surface area (Å²) in [6.07, 6.45) is 8.79. The van der Waals surface area contributed by atoms with E-state index in [0.29, 0.717) is 11.6 Å². The molecule has 11 nitrogen and oxygen atoms in total. The molecular weight excluding hydrogens is 726 g/mol. The molecule has 0 bridgehead atoms. The summed E-state index contributed by atoms with van der Waals surface area (Å²) in [6.45, 7) is 4.99. The van der Waals surface area contributed by atoms with Crippen LogP contribution in [0.4, 0.5) is 18.0 Å². The minimum absolute atomic E-state index is 0.0339. The minimum Gasteiger partial charge on any atom is -0.447 e. The summed E-state index contributed by atoms with van der Waals surface area (Å²) in [5.74, 6) is -3.18. The molecule has 0 amide bonds. The number of halogens is 3. The highest BCUT2D eigenvalue weighted by molar-refractivity contribution is 8.00. The largest absolute Gasteiger partial charge is 0.508 e. The van der Waals surface area contributed by atoms with Crippen molar-refractivity contribution < 1.29 is 46.4 Å². The van der Waals surface area contributed by atoms with Crippen LogP contribution in [0.15, 0.2) is 104 Å². The summed E-state index contributed by atoms with van der Waals surface area (Å²) in [5, 5.41) is 12.1. The number of hydrogen-bond donors (Lipinski definition) is 0. The van der Waals surface area contributed by atoms with Crippen LogP contribution >= 0.6 is 11.8 Å². The van der Waals surface area contributed by atoms with Crippen LogP contribution < -0.4 is 0 Å². The van der Waals surface area contributed by atoms with Crippen LogP contribution in [0, 0.1) is 28.8 Å². The fraction of sp³-hybridized carbons (Fsp3) is 0.256. The number of benzene rings is 3. The molecule has 4 aromatic rings. The molecule has 0 unspecified atom stereocenters.